The summed E-state index contributed by atoms with van der Waals surface area (Å²) in [4.78, 5) is 18.1. The van der Waals surface area contributed by atoms with Crippen LogP contribution >= 0.6 is 11.3 Å². The molecule has 2 aromatic heterocycles. The van der Waals surface area contributed by atoms with Gasteiger partial charge in [-0.2, -0.15) is 0 Å². The van der Waals surface area contributed by atoms with Crippen LogP contribution in [0, 0.1) is 5.92 Å². The van der Waals surface area contributed by atoms with Crippen LogP contribution in [-0.2, 0) is 4.74 Å². The molecule has 0 saturated carbocycles. The van der Waals surface area contributed by atoms with Crippen LogP contribution in [0.2, 0.25) is 0 Å². The van der Waals surface area contributed by atoms with E-state index in [9.17, 15) is 5.11 Å². The van der Waals surface area contributed by atoms with E-state index in [2.05, 4.69) is 43.0 Å². The molecule has 0 unspecified atom stereocenters. The van der Waals surface area contributed by atoms with Gasteiger partial charge in [0.15, 0.2) is 0 Å². The van der Waals surface area contributed by atoms with Crippen molar-refractivity contribution in [3.05, 3.63) is 41.1 Å². The Labute approximate surface area is 174 Å². The molecule has 4 heterocycles. The van der Waals surface area contributed by atoms with Crippen molar-refractivity contribution >= 4 is 33.7 Å². The molecule has 2 aliphatic heterocycles. The minimum atomic E-state index is -0.515. The van der Waals surface area contributed by atoms with Crippen molar-refractivity contribution in [2.75, 3.05) is 49.2 Å². The second-order valence-electron chi connectivity index (χ2n) is 7.66. The summed E-state index contributed by atoms with van der Waals surface area (Å²) in [5.41, 5.74) is 2.14. The molecule has 2 saturated heterocycles. The summed E-state index contributed by atoms with van der Waals surface area (Å²) >= 11 is 1.52. The number of aliphatic hydroxyl groups is 1. The van der Waals surface area contributed by atoms with Gasteiger partial charge in [-0.1, -0.05) is 0 Å². The first-order valence-corrected chi connectivity index (χ1v) is 11.1. The Bertz CT molecular complexity index is 961. The monoisotopic (exact) mass is 411 g/mol. The molecular weight excluding hydrogens is 386 g/mol. The number of aromatic nitrogens is 3. The normalized spacial score (nSPS) is 21.5. The summed E-state index contributed by atoms with van der Waals surface area (Å²) in [6.07, 6.45) is 4.93. The highest BCUT2D eigenvalue weighted by Gasteiger charge is 2.29. The lowest BCUT2D eigenvalue weighted by atomic mass is 9.92. The lowest BCUT2D eigenvalue weighted by Crippen LogP contribution is -2.38. The SMILES string of the molecule is O[C@@H](c1nccs1)[C@@H]1CCCN(c2ncnc3cc(N4CCOCC4)ccc23)C1. The van der Waals surface area contributed by atoms with Crippen molar-refractivity contribution in [3.8, 4) is 0 Å². The van der Waals surface area contributed by atoms with E-state index in [-0.39, 0.29) is 5.92 Å². The van der Waals surface area contributed by atoms with Crippen LogP contribution in [0.4, 0.5) is 11.5 Å². The molecule has 8 heteroatoms. The maximum atomic E-state index is 10.8. The Morgan fingerprint density at radius 3 is 2.83 bits per heavy atom. The second kappa shape index (κ2) is 8.22. The topological polar surface area (TPSA) is 74.6 Å². The molecule has 2 fully saturated rings. The van der Waals surface area contributed by atoms with Gasteiger partial charge in [0.2, 0.25) is 0 Å². The van der Waals surface area contributed by atoms with Crippen molar-refractivity contribution < 1.29 is 9.84 Å². The van der Waals surface area contributed by atoms with Crippen LogP contribution in [0.1, 0.15) is 24.0 Å². The third-order valence-electron chi connectivity index (χ3n) is 5.88. The van der Waals surface area contributed by atoms with Gasteiger partial charge in [0.05, 0.1) is 18.7 Å². The fourth-order valence-corrected chi connectivity index (χ4v) is 5.06. The lowest BCUT2D eigenvalue weighted by Gasteiger charge is -2.35. The quantitative estimate of drug-likeness (QED) is 0.707. The van der Waals surface area contributed by atoms with Crippen LogP contribution in [0.25, 0.3) is 10.9 Å². The molecule has 2 aliphatic rings. The van der Waals surface area contributed by atoms with Gasteiger partial charge in [-0.05, 0) is 31.0 Å². The number of hydrogen-bond acceptors (Lipinski definition) is 8. The van der Waals surface area contributed by atoms with Crippen molar-refractivity contribution in [2.45, 2.75) is 18.9 Å². The van der Waals surface area contributed by atoms with Gasteiger partial charge in [-0.25, -0.2) is 15.0 Å². The predicted molar refractivity (Wildman–Crippen MR) is 115 cm³/mol. The molecule has 2 atom stereocenters. The van der Waals surface area contributed by atoms with Gasteiger partial charge in [-0.15, -0.1) is 11.3 Å². The number of morpholine rings is 1. The largest absolute Gasteiger partial charge is 0.386 e. The molecule has 0 bridgehead atoms. The van der Waals surface area contributed by atoms with Gasteiger partial charge >= 0.3 is 0 Å². The first-order valence-electron chi connectivity index (χ1n) is 10.2. The molecule has 152 valence electrons. The summed E-state index contributed by atoms with van der Waals surface area (Å²) in [6, 6.07) is 6.44. The van der Waals surface area contributed by atoms with Gasteiger partial charge in [-0.3, -0.25) is 0 Å². The number of ether oxygens (including phenoxy) is 1. The predicted octanol–water partition coefficient (Wildman–Crippen LogP) is 2.87. The number of aliphatic hydroxyl groups excluding tert-OH is 1. The average Bonchev–Trinajstić information content (AvgIpc) is 3.33. The summed E-state index contributed by atoms with van der Waals surface area (Å²) < 4.78 is 5.47. The van der Waals surface area contributed by atoms with E-state index in [1.54, 1.807) is 12.5 Å². The number of nitrogens with zero attached hydrogens (tertiary/aromatic N) is 5. The number of rotatable bonds is 4. The van der Waals surface area contributed by atoms with E-state index in [1.165, 1.54) is 17.0 Å². The second-order valence-corrected chi connectivity index (χ2v) is 8.59. The van der Waals surface area contributed by atoms with Gasteiger partial charge in [0.1, 0.15) is 23.3 Å². The highest BCUT2D eigenvalue weighted by molar-refractivity contribution is 7.09. The fourth-order valence-electron chi connectivity index (χ4n) is 4.34. The van der Waals surface area contributed by atoms with Crippen molar-refractivity contribution in [1.82, 2.24) is 15.0 Å². The molecule has 0 aliphatic carbocycles. The van der Waals surface area contributed by atoms with Crippen molar-refractivity contribution in [1.29, 1.82) is 0 Å². The lowest BCUT2D eigenvalue weighted by molar-refractivity contribution is 0.0977. The van der Waals surface area contributed by atoms with E-state index < -0.39 is 6.10 Å². The smallest absolute Gasteiger partial charge is 0.139 e. The zero-order chi connectivity index (χ0) is 19.6. The van der Waals surface area contributed by atoms with E-state index >= 15 is 0 Å². The standard InChI is InChI=1S/C21H25N5O2S/c27-19(21-22-5-11-29-21)15-2-1-6-26(13-15)20-17-4-3-16(12-18(17)23-14-24-20)25-7-9-28-10-8-25/h3-5,11-12,14-15,19,27H,1-2,6-10,13H2/t15-,19-/m1/s1. The minimum Gasteiger partial charge on any atom is -0.386 e. The molecule has 3 aromatic rings. The molecule has 5 rings (SSSR count). The van der Waals surface area contributed by atoms with Crippen molar-refractivity contribution in [2.24, 2.45) is 5.92 Å². The number of hydrogen-bond donors (Lipinski definition) is 1. The molecule has 0 amide bonds. The molecular formula is C21H25N5O2S. The summed E-state index contributed by atoms with van der Waals surface area (Å²) in [5, 5.41) is 14.6. The maximum absolute atomic E-state index is 10.8. The summed E-state index contributed by atoms with van der Waals surface area (Å²) in [6.45, 7) is 5.07. The van der Waals surface area contributed by atoms with Gasteiger partial charge in [0.25, 0.3) is 0 Å². The number of benzene rings is 1. The molecule has 7 nitrogen and oxygen atoms in total. The molecule has 0 spiro atoms. The molecule has 1 N–H and O–H groups in total. The molecule has 29 heavy (non-hydrogen) atoms. The van der Waals surface area contributed by atoms with Gasteiger partial charge < -0.3 is 19.6 Å². The zero-order valence-corrected chi connectivity index (χ0v) is 17.1. The Balaban J connectivity index is 1.40. The van der Waals surface area contributed by atoms with E-state index in [0.717, 1.165) is 74.0 Å². The third-order valence-corrected chi connectivity index (χ3v) is 6.73. The molecule has 0 radical (unpaired) electrons. The number of fused-ring (bicyclic) bond motifs is 1. The third kappa shape index (κ3) is 3.80. The highest BCUT2D eigenvalue weighted by atomic mass is 32.1. The Kier molecular flexibility index (Phi) is 5.30. The van der Waals surface area contributed by atoms with Crippen molar-refractivity contribution in [3.63, 3.8) is 0 Å². The van der Waals surface area contributed by atoms with Crippen LogP contribution < -0.4 is 9.80 Å². The Morgan fingerprint density at radius 2 is 2.00 bits per heavy atom. The Hall–Kier alpha value is -2.29. The Morgan fingerprint density at radius 1 is 1.10 bits per heavy atom. The fraction of sp³-hybridized carbons (Fsp3) is 0.476. The summed E-state index contributed by atoms with van der Waals surface area (Å²) in [7, 11) is 0. The average molecular weight is 412 g/mol. The first-order chi connectivity index (χ1) is 14.3. The van der Waals surface area contributed by atoms with Crippen LogP contribution in [0.5, 0.6) is 0 Å². The van der Waals surface area contributed by atoms with Crippen LogP contribution in [0.3, 0.4) is 0 Å². The first kappa shape index (κ1) is 18.7. The number of thiazole rings is 1. The van der Waals surface area contributed by atoms with E-state index in [4.69, 9.17) is 4.74 Å². The zero-order valence-electron chi connectivity index (χ0n) is 16.3. The maximum Gasteiger partial charge on any atom is 0.139 e. The minimum absolute atomic E-state index is 0.160. The number of anilines is 2. The van der Waals surface area contributed by atoms with Crippen LogP contribution in [0.15, 0.2) is 36.1 Å². The van der Waals surface area contributed by atoms with Gasteiger partial charge in [0, 0.05) is 54.7 Å². The molecule has 1 aromatic carbocycles. The van der Waals surface area contributed by atoms with E-state index in [1.807, 2.05) is 5.38 Å². The van der Waals surface area contributed by atoms with E-state index in [0.29, 0.717) is 0 Å². The van der Waals surface area contributed by atoms with Crippen LogP contribution in [-0.4, -0.2) is 59.5 Å². The number of piperidine rings is 1. The summed E-state index contributed by atoms with van der Waals surface area (Å²) in [5.74, 6) is 1.12. The highest BCUT2D eigenvalue weighted by Crippen LogP contribution is 2.34.